The number of benzene rings is 1. The van der Waals surface area contributed by atoms with Crippen LogP contribution in [0, 0.1) is 0 Å². The maximum atomic E-state index is 12.5. The third-order valence-corrected chi connectivity index (χ3v) is 5.59. The van der Waals surface area contributed by atoms with Gasteiger partial charge in [-0.2, -0.15) is 0 Å². The highest BCUT2D eigenvalue weighted by Crippen LogP contribution is 2.27. The Balaban J connectivity index is 1.64. The van der Waals surface area contributed by atoms with Crippen LogP contribution in [0.4, 0.5) is 0 Å². The van der Waals surface area contributed by atoms with Crippen LogP contribution in [0.25, 0.3) is 0 Å². The average Bonchev–Trinajstić information content (AvgIpc) is 3.32. The van der Waals surface area contributed by atoms with Crippen molar-refractivity contribution in [2.75, 3.05) is 20.8 Å². The lowest BCUT2D eigenvalue weighted by Crippen LogP contribution is -2.32. The molecule has 0 radical (unpaired) electrons. The maximum absolute atomic E-state index is 12.5. The standard InChI is InChI=1S/C25H32N4O4/c1-5-18(2)29(15-19-14-21(31-3)9-10-23(19)32-4)16-24-28-22(17-33-24)25(30)27-13-11-20-8-6-7-12-26-20/h6-10,12,14,17-18H,5,11,13,15-16H2,1-4H3,(H,27,30)/t18-/m0/s1. The first-order valence-corrected chi connectivity index (χ1v) is 11.1. The Morgan fingerprint density at radius 3 is 2.73 bits per heavy atom. The summed E-state index contributed by atoms with van der Waals surface area (Å²) < 4.78 is 16.5. The maximum Gasteiger partial charge on any atom is 0.273 e. The van der Waals surface area contributed by atoms with Gasteiger partial charge >= 0.3 is 0 Å². The number of pyridine rings is 1. The molecule has 3 aromatic rings. The zero-order valence-electron chi connectivity index (χ0n) is 19.7. The molecule has 0 bridgehead atoms. The molecule has 0 fully saturated rings. The van der Waals surface area contributed by atoms with Gasteiger partial charge in [-0.3, -0.25) is 14.7 Å². The molecule has 8 nitrogen and oxygen atoms in total. The molecule has 0 saturated carbocycles. The molecule has 0 spiro atoms. The molecule has 0 aliphatic carbocycles. The van der Waals surface area contributed by atoms with E-state index in [-0.39, 0.29) is 17.6 Å². The van der Waals surface area contributed by atoms with E-state index < -0.39 is 0 Å². The number of nitrogens with zero attached hydrogens (tertiary/aromatic N) is 3. The van der Waals surface area contributed by atoms with Crippen LogP contribution in [-0.2, 0) is 19.5 Å². The molecule has 176 valence electrons. The van der Waals surface area contributed by atoms with Crippen molar-refractivity contribution < 1.29 is 18.7 Å². The minimum absolute atomic E-state index is 0.259. The number of amides is 1. The van der Waals surface area contributed by atoms with Gasteiger partial charge in [0.05, 0.1) is 20.8 Å². The molecule has 3 rings (SSSR count). The summed E-state index contributed by atoms with van der Waals surface area (Å²) in [6.07, 6.45) is 4.76. The highest BCUT2D eigenvalue weighted by molar-refractivity contribution is 5.91. The van der Waals surface area contributed by atoms with Crippen molar-refractivity contribution in [3.8, 4) is 11.5 Å². The van der Waals surface area contributed by atoms with Gasteiger partial charge in [-0.1, -0.05) is 13.0 Å². The van der Waals surface area contributed by atoms with Crippen molar-refractivity contribution >= 4 is 5.91 Å². The SMILES string of the molecule is CC[C@H](C)N(Cc1nc(C(=O)NCCc2ccccn2)co1)Cc1cc(OC)ccc1OC. The van der Waals surface area contributed by atoms with Crippen molar-refractivity contribution in [1.29, 1.82) is 0 Å². The average molecular weight is 453 g/mol. The second-order valence-corrected chi connectivity index (χ2v) is 7.79. The van der Waals surface area contributed by atoms with Gasteiger partial charge in [-0.15, -0.1) is 0 Å². The smallest absolute Gasteiger partial charge is 0.273 e. The Labute approximate surface area is 194 Å². The first-order valence-electron chi connectivity index (χ1n) is 11.1. The third-order valence-electron chi connectivity index (χ3n) is 5.59. The van der Waals surface area contributed by atoms with E-state index in [1.807, 2.05) is 36.4 Å². The van der Waals surface area contributed by atoms with Gasteiger partial charge in [0.1, 0.15) is 17.8 Å². The van der Waals surface area contributed by atoms with Gasteiger partial charge in [0.2, 0.25) is 5.89 Å². The second kappa shape index (κ2) is 12.0. The molecule has 0 unspecified atom stereocenters. The van der Waals surface area contributed by atoms with Crippen LogP contribution in [0.1, 0.15) is 47.9 Å². The molecule has 1 amide bonds. The van der Waals surface area contributed by atoms with E-state index >= 15 is 0 Å². The third kappa shape index (κ3) is 6.79. The van der Waals surface area contributed by atoms with Crippen LogP contribution in [0.15, 0.2) is 53.3 Å². The lowest BCUT2D eigenvalue weighted by molar-refractivity contribution is 0.0949. The summed E-state index contributed by atoms with van der Waals surface area (Å²) >= 11 is 0. The lowest BCUT2D eigenvalue weighted by atomic mass is 10.1. The molecule has 1 atom stereocenters. The van der Waals surface area contributed by atoms with E-state index in [0.29, 0.717) is 31.9 Å². The minimum Gasteiger partial charge on any atom is -0.497 e. The lowest BCUT2D eigenvalue weighted by Gasteiger charge is -2.28. The highest BCUT2D eigenvalue weighted by Gasteiger charge is 2.20. The van der Waals surface area contributed by atoms with Crippen molar-refractivity contribution in [1.82, 2.24) is 20.2 Å². The fraction of sp³-hybridized carbons (Fsp3) is 0.400. The molecular weight excluding hydrogens is 420 g/mol. The summed E-state index contributed by atoms with van der Waals surface area (Å²) in [6, 6.07) is 11.8. The van der Waals surface area contributed by atoms with Gasteiger partial charge in [0.15, 0.2) is 5.69 Å². The number of aromatic nitrogens is 2. The van der Waals surface area contributed by atoms with Crippen molar-refractivity contribution in [2.45, 2.75) is 45.8 Å². The number of methoxy groups -OCH3 is 2. The fourth-order valence-corrected chi connectivity index (χ4v) is 3.45. The largest absolute Gasteiger partial charge is 0.497 e. The van der Waals surface area contributed by atoms with Gasteiger partial charge in [-0.05, 0) is 43.7 Å². The number of oxazole rings is 1. The van der Waals surface area contributed by atoms with Crippen LogP contribution in [0.2, 0.25) is 0 Å². The Morgan fingerprint density at radius 1 is 1.18 bits per heavy atom. The predicted molar refractivity (Wildman–Crippen MR) is 125 cm³/mol. The number of nitrogens with one attached hydrogen (secondary N) is 1. The minimum atomic E-state index is -0.259. The summed E-state index contributed by atoms with van der Waals surface area (Å²) in [7, 11) is 3.31. The van der Waals surface area contributed by atoms with Gasteiger partial charge in [-0.25, -0.2) is 4.98 Å². The Hall–Kier alpha value is -3.39. The van der Waals surface area contributed by atoms with Crippen LogP contribution in [-0.4, -0.2) is 47.6 Å². The number of hydrogen-bond acceptors (Lipinski definition) is 7. The molecule has 0 aliphatic rings. The second-order valence-electron chi connectivity index (χ2n) is 7.79. The van der Waals surface area contributed by atoms with Crippen LogP contribution < -0.4 is 14.8 Å². The van der Waals surface area contributed by atoms with Crippen molar-refractivity contribution in [2.24, 2.45) is 0 Å². The first-order chi connectivity index (χ1) is 16.0. The normalized spacial score (nSPS) is 11.9. The van der Waals surface area contributed by atoms with Crippen LogP contribution in [0.3, 0.4) is 0 Å². The van der Waals surface area contributed by atoms with Crippen LogP contribution >= 0.6 is 0 Å². The van der Waals surface area contributed by atoms with E-state index in [4.69, 9.17) is 13.9 Å². The van der Waals surface area contributed by atoms with E-state index in [0.717, 1.165) is 29.2 Å². The van der Waals surface area contributed by atoms with E-state index in [1.54, 1.807) is 20.4 Å². The number of carbonyl (C=O) groups excluding carboxylic acids is 1. The van der Waals surface area contributed by atoms with E-state index in [9.17, 15) is 4.79 Å². The number of rotatable bonds is 12. The molecule has 33 heavy (non-hydrogen) atoms. The van der Waals surface area contributed by atoms with Crippen molar-refractivity contribution in [3.63, 3.8) is 0 Å². The topological polar surface area (TPSA) is 89.7 Å². The van der Waals surface area contributed by atoms with Crippen LogP contribution in [0.5, 0.6) is 11.5 Å². The molecule has 2 aromatic heterocycles. The van der Waals surface area contributed by atoms with Gasteiger partial charge in [0.25, 0.3) is 5.91 Å². The Kier molecular flexibility index (Phi) is 8.83. The summed E-state index contributed by atoms with van der Waals surface area (Å²) in [4.78, 5) is 23.4. The van der Waals surface area contributed by atoms with E-state index in [1.165, 1.54) is 6.26 Å². The zero-order valence-corrected chi connectivity index (χ0v) is 19.7. The Bertz CT molecular complexity index is 1020. The molecule has 1 N–H and O–H groups in total. The molecular formula is C25H32N4O4. The number of ether oxygens (including phenoxy) is 2. The van der Waals surface area contributed by atoms with Gasteiger partial charge < -0.3 is 19.2 Å². The van der Waals surface area contributed by atoms with Gasteiger partial charge in [0, 0.05) is 43.0 Å². The summed E-state index contributed by atoms with van der Waals surface area (Å²) in [5.41, 5.74) is 2.21. The predicted octanol–water partition coefficient (Wildman–Crippen LogP) is 3.86. The summed E-state index contributed by atoms with van der Waals surface area (Å²) in [5.74, 6) is 1.80. The molecule has 0 aliphatic heterocycles. The quantitative estimate of drug-likeness (QED) is 0.446. The highest BCUT2D eigenvalue weighted by atomic mass is 16.5. The molecule has 8 heteroatoms. The molecule has 2 heterocycles. The summed E-state index contributed by atoms with van der Waals surface area (Å²) in [5, 5.41) is 2.87. The number of hydrogen-bond donors (Lipinski definition) is 1. The Morgan fingerprint density at radius 2 is 2.03 bits per heavy atom. The molecule has 0 saturated heterocycles. The van der Waals surface area contributed by atoms with Crippen molar-refractivity contribution in [3.05, 3.63) is 71.7 Å². The first kappa shape index (κ1) is 24.3. The summed E-state index contributed by atoms with van der Waals surface area (Å²) in [6.45, 7) is 5.87. The zero-order chi connectivity index (χ0) is 23.6. The number of carbonyl (C=O) groups is 1. The monoisotopic (exact) mass is 452 g/mol. The fourth-order valence-electron chi connectivity index (χ4n) is 3.45. The molecule has 1 aromatic carbocycles. The van der Waals surface area contributed by atoms with E-state index in [2.05, 4.69) is 34.0 Å².